The molecule has 2 aromatic heterocycles. The van der Waals surface area contributed by atoms with Gasteiger partial charge in [-0.25, -0.2) is 9.97 Å². The zero-order valence-electron chi connectivity index (χ0n) is 8.21. The van der Waals surface area contributed by atoms with E-state index < -0.39 is 0 Å². The molecule has 2 heterocycles. The van der Waals surface area contributed by atoms with E-state index in [0.29, 0.717) is 11.1 Å². The molecule has 4 nitrogen and oxygen atoms in total. The van der Waals surface area contributed by atoms with Crippen molar-refractivity contribution in [2.75, 3.05) is 0 Å². The summed E-state index contributed by atoms with van der Waals surface area (Å²) >= 11 is 6.09. The van der Waals surface area contributed by atoms with Gasteiger partial charge in [0.2, 0.25) is 5.95 Å². The zero-order chi connectivity index (χ0) is 11.0. The topological polar surface area (TPSA) is 43.6 Å². The van der Waals surface area contributed by atoms with Crippen molar-refractivity contribution in [3.8, 4) is 5.95 Å². The minimum atomic E-state index is 0.453. The van der Waals surface area contributed by atoms with Gasteiger partial charge in [-0.3, -0.25) is 4.57 Å². The minimum absolute atomic E-state index is 0.453. The molecule has 0 atom stereocenters. The van der Waals surface area contributed by atoms with Gasteiger partial charge < -0.3 is 0 Å². The molecule has 3 aromatic rings. The highest BCUT2D eigenvalue weighted by atomic mass is 35.5. The molecule has 0 bridgehead atoms. The standard InChI is InChI=1S/C11H7ClN4/c12-10-8-3-1-2-4-9(8)14-11(15-10)16-6-5-13-7-16/h1-7H. The third-order valence-corrected chi connectivity index (χ3v) is 2.57. The van der Waals surface area contributed by atoms with E-state index in [1.54, 1.807) is 23.3 Å². The Morgan fingerprint density at radius 1 is 1.12 bits per heavy atom. The van der Waals surface area contributed by atoms with Crippen LogP contribution in [0.4, 0.5) is 0 Å². The van der Waals surface area contributed by atoms with Crippen LogP contribution in [0.2, 0.25) is 5.15 Å². The second-order valence-electron chi connectivity index (χ2n) is 3.30. The lowest BCUT2D eigenvalue weighted by Gasteiger charge is -2.03. The van der Waals surface area contributed by atoms with Gasteiger partial charge in [-0.05, 0) is 12.1 Å². The Morgan fingerprint density at radius 2 is 2.00 bits per heavy atom. The molecule has 0 aliphatic heterocycles. The summed E-state index contributed by atoms with van der Waals surface area (Å²) in [6.07, 6.45) is 5.09. The molecule has 0 unspecified atom stereocenters. The van der Waals surface area contributed by atoms with E-state index in [1.165, 1.54) is 0 Å². The summed E-state index contributed by atoms with van der Waals surface area (Å²) in [5.74, 6) is 0.529. The Balaban J connectivity index is 2.29. The third-order valence-electron chi connectivity index (χ3n) is 2.28. The lowest BCUT2D eigenvalue weighted by molar-refractivity contribution is 0.941. The van der Waals surface area contributed by atoms with Crippen molar-refractivity contribution in [2.45, 2.75) is 0 Å². The summed E-state index contributed by atoms with van der Waals surface area (Å²) in [6, 6.07) is 7.64. The minimum Gasteiger partial charge on any atom is -0.274 e. The molecule has 0 N–H and O–H groups in total. The van der Waals surface area contributed by atoms with Crippen LogP contribution in [0.25, 0.3) is 16.9 Å². The van der Waals surface area contributed by atoms with Crippen LogP contribution >= 0.6 is 11.6 Å². The summed E-state index contributed by atoms with van der Waals surface area (Å²) in [4.78, 5) is 12.6. The highest BCUT2D eigenvalue weighted by molar-refractivity contribution is 6.34. The number of hydrogen-bond acceptors (Lipinski definition) is 3. The molecule has 0 amide bonds. The van der Waals surface area contributed by atoms with E-state index in [-0.39, 0.29) is 0 Å². The van der Waals surface area contributed by atoms with Crippen LogP contribution in [0.3, 0.4) is 0 Å². The number of halogens is 1. The van der Waals surface area contributed by atoms with Crippen molar-refractivity contribution in [3.63, 3.8) is 0 Å². The molecule has 16 heavy (non-hydrogen) atoms. The summed E-state index contributed by atoms with van der Waals surface area (Å²) in [6.45, 7) is 0. The Morgan fingerprint density at radius 3 is 2.81 bits per heavy atom. The first-order valence-electron chi connectivity index (χ1n) is 4.75. The summed E-state index contributed by atoms with van der Waals surface area (Å²) in [7, 11) is 0. The average Bonchev–Trinajstić information content (AvgIpc) is 2.82. The van der Waals surface area contributed by atoms with Crippen molar-refractivity contribution in [1.29, 1.82) is 0 Å². The molecule has 0 saturated carbocycles. The van der Waals surface area contributed by atoms with Crippen LogP contribution in [0.5, 0.6) is 0 Å². The average molecular weight is 231 g/mol. The zero-order valence-corrected chi connectivity index (χ0v) is 8.96. The number of fused-ring (bicyclic) bond motifs is 1. The monoisotopic (exact) mass is 230 g/mol. The predicted molar refractivity (Wildman–Crippen MR) is 61.7 cm³/mol. The predicted octanol–water partition coefficient (Wildman–Crippen LogP) is 2.47. The van der Waals surface area contributed by atoms with Gasteiger partial charge >= 0.3 is 0 Å². The lowest BCUT2D eigenvalue weighted by atomic mass is 10.2. The Bertz CT molecular complexity index is 634. The van der Waals surface area contributed by atoms with Gasteiger partial charge in [-0.2, -0.15) is 4.98 Å². The smallest absolute Gasteiger partial charge is 0.236 e. The number of rotatable bonds is 1. The highest BCUT2D eigenvalue weighted by Gasteiger charge is 2.05. The molecule has 3 rings (SSSR count). The third kappa shape index (κ3) is 1.44. The first kappa shape index (κ1) is 9.30. The fourth-order valence-corrected chi connectivity index (χ4v) is 1.75. The Labute approximate surface area is 96.6 Å². The van der Waals surface area contributed by atoms with Gasteiger partial charge in [0.25, 0.3) is 0 Å². The molecule has 0 aliphatic carbocycles. The van der Waals surface area contributed by atoms with Crippen LogP contribution in [-0.2, 0) is 0 Å². The first-order valence-corrected chi connectivity index (χ1v) is 5.13. The normalized spacial score (nSPS) is 10.8. The SMILES string of the molecule is Clc1nc(-n2ccnc2)nc2ccccc12. The van der Waals surface area contributed by atoms with Crippen molar-refractivity contribution in [3.05, 3.63) is 48.1 Å². The molecular formula is C11H7ClN4. The van der Waals surface area contributed by atoms with E-state index in [2.05, 4.69) is 15.0 Å². The summed E-state index contributed by atoms with van der Waals surface area (Å²) in [5, 5.41) is 1.31. The van der Waals surface area contributed by atoms with Crippen LogP contribution in [0, 0.1) is 0 Å². The second kappa shape index (κ2) is 3.57. The van der Waals surface area contributed by atoms with Crippen LogP contribution in [-0.4, -0.2) is 19.5 Å². The summed E-state index contributed by atoms with van der Waals surface area (Å²) < 4.78 is 1.72. The van der Waals surface area contributed by atoms with Crippen LogP contribution in [0.1, 0.15) is 0 Å². The van der Waals surface area contributed by atoms with E-state index in [1.807, 2.05) is 24.3 Å². The Kier molecular flexibility index (Phi) is 2.08. The van der Waals surface area contributed by atoms with E-state index in [0.717, 1.165) is 10.9 Å². The van der Waals surface area contributed by atoms with Crippen LogP contribution in [0.15, 0.2) is 43.0 Å². The fourth-order valence-electron chi connectivity index (χ4n) is 1.52. The maximum absolute atomic E-state index is 6.09. The number of aromatic nitrogens is 4. The molecule has 0 radical (unpaired) electrons. The van der Waals surface area contributed by atoms with E-state index in [9.17, 15) is 0 Å². The van der Waals surface area contributed by atoms with Crippen molar-refractivity contribution in [1.82, 2.24) is 19.5 Å². The van der Waals surface area contributed by atoms with Crippen molar-refractivity contribution in [2.24, 2.45) is 0 Å². The van der Waals surface area contributed by atoms with Crippen molar-refractivity contribution < 1.29 is 0 Å². The molecule has 78 valence electrons. The van der Waals surface area contributed by atoms with Crippen molar-refractivity contribution >= 4 is 22.5 Å². The first-order chi connectivity index (χ1) is 7.84. The van der Waals surface area contributed by atoms with Gasteiger partial charge in [0, 0.05) is 17.8 Å². The van der Waals surface area contributed by atoms with Gasteiger partial charge in [-0.15, -0.1) is 0 Å². The molecule has 0 spiro atoms. The molecule has 0 saturated heterocycles. The van der Waals surface area contributed by atoms with Crippen LogP contribution < -0.4 is 0 Å². The quantitative estimate of drug-likeness (QED) is 0.603. The number of para-hydroxylation sites is 1. The largest absolute Gasteiger partial charge is 0.274 e. The fraction of sp³-hybridized carbons (Fsp3) is 0. The summed E-state index contributed by atoms with van der Waals surface area (Å²) in [5.41, 5.74) is 0.825. The second-order valence-corrected chi connectivity index (χ2v) is 3.66. The molecule has 5 heteroatoms. The van der Waals surface area contributed by atoms with Gasteiger partial charge in [0.05, 0.1) is 5.52 Å². The molecule has 0 fully saturated rings. The maximum Gasteiger partial charge on any atom is 0.236 e. The highest BCUT2D eigenvalue weighted by Crippen LogP contribution is 2.20. The van der Waals surface area contributed by atoms with Gasteiger partial charge in [0.15, 0.2) is 0 Å². The van der Waals surface area contributed by atoms with Gasteiger partial charge in [-0.1, -0.05) is 23.7 Å². The molecular weight excluding hydrogens is 224 g/mol. The molecule has 1 aromatic carbocycles. The number of benzene rings is 1. The maximum atomic E-state index is 6.09. The molecule has 0 aliphatic rings. The Hall–Kier alpha value is -1.94. The number of imidazole rings is 1. The van der Waals surface area contributed by atoms with E-state index in [4.69, 9.17) is 11.6 Å². The van der Waals surface area contributed by atoms with Gasteiger partial charge in [0.1, 0.15) is 11.5 Å². The lowest BCUT2D eigenvalue weighted by Crippen LogP contribution is -1.99. The number of nitrogens with zero attached hydrogens (tertiary/aromatic N) is 4. The number of hydrogen-bond donors (Lipinski definition) is 0. The van der Waals surface area contributed by atoms with E-state index >= 15 is 0 Å².